The number of rotatable bonds is 5. The van der Waals surface area contributed by atoms with Crippen molar-refractivity contribution in [2.24, 2.45) is 0 Å². The third-order valence-electron chi connectivity index (χ3n) is 3.12. The van der Waals surface area contributed by atoms with E-state index in [0.29, 0.717) is 22.6 Å². The van der Waals surface area contributed by atoms with Crippen LogP contribution >= 0.6 is 0 Å². The lowest BCUT2D eigenvalue weighted by atomic mass is 10.1. The Labute approximate surface area is 128 Å². The zero-order valence-electron chi connectivity index (χ0n) is 12.3. The Bertz CT molecular complexity index is 719. The molecule has 2 aromatic rings. The monoisotopic (exact) mass is 297 g/mol. The molecule has 0 unspecified atom stereocenters. The maximum absolute atomic E-state index is 11.8. The Kier molecular flexibility index (Phi) is 4.99. The number of nitrogens with zero attached hydrogens (tertiary/aromatic N) is 1. The Balaban J connectivity index is 2.28. The molecule has 2 aromatic carbocycles. The Morgan fingerprint density at radius 3 is 2.64 bits per heavy atom. The molecule has 0 aliphatic carbocycles. The number of hydrogen-bond acceptors (Lipinski definition) is 5. The first-order chi connectivity index (χ1) is 10.7. The van der Waals surface area contributed by atoms with Crippen molar-refractivity contribution in [3.8, 4) is 17.6 Å². The molecular weight excluding hydrogens is 282 g/mol. The van der Waals surface area contributed by atoms with Crippen LogP contribution in [0.4, 0.5) is 0 Å². The van der Waals surface area contributed by atoms with Gasteiger partial charge in [-0.15, -0.1) is 0 Å². The summed E-state index contributed by atoms with van der Waals surface area (Å²) in [5.41, 5.74) is 1.58. The normalized spacial score (nSPS) is 9.68. The van der Waals surface area contributed by atoms with Crippen molar-refractivity contribution >= 4 is 5.97 Å². The minimum atomic E-state index is -0.494. The third-order valence-corrected chi connectivity index (χ3v) is 3.12. The van der Waals surface area contributed by atoms with Gasteiger partial charge in [0.1, 0.15) is 23.7 Å². The highest BCUT2D eigenvalue weighted by atomic mass is 16.5. The molecule has 0 aliphatic heterocycles. The molecule has 0 saturated heterocycles. The van der Waals surface area contributed by atoms with E-state index in [4.69, 9.17) is 19.5 Å². The molecule has 0 atom stereocenters. The lowest BCUT2D eigenvalue weighted by Gasteiger charge is -2.12. The largest absolute Gasteiger partial charge is 0.497 e. The molecule has 22 heavy (non-hydrogen) atoms. The minimum absolute atomic E-state index is 0.168. The summed E-state index contributed by atoms with van der Waals surface area (Å²) in [6.07, 6.45) is 0. The number of esters is 1. The quantitative estimate of drug-likeness (QED) is 0.794. The fourth-order valence-corrected chi connectivity index (χ4v) is 1.94. The maximum atomic E-state index is 11.8. The second-order valence-electron chi connectivity index (χ2n) is 4.41. The number of ether oxygens (including phenoxy) is 3. The van der Waals surface area contributed by atoms with Crippen LogP contribution in [0.2, 0.25) is 0 Å². The number of hydrogen-bond donors (Lipinski definition) is 0. The number of carbonyl (C=O) groups is 1. The number of methoxy groups -OCH3 is 2. The van der Waals surface area contributed by atoms with Crippen LogP contribution in [0.15, 0.2) is 42.5 Å². The molecule has 5 nitrogen and oxygen atoms in total. The van der Waals surface area contributed by atoms with E-state index in [0.717, 1.165) is 5.56 Å². The van der Waals surface area contributed by atoms with Crippen LogP contribution in [0.1, 0.15) is 21.5 Å². The van der Waals surface area contributed by atoms with Gasteiger partial charge in [-0.3, -0.25) is 0 Å². The SMILES string of the molecule is COC(=O)c1ccc(OC)cc1OCc1ccccc1C#N. The molecule has 112 valence electrons. The van der Waals surface area contributed by atoms with E-state index in [2.05, 4.69) is 6.07 Å². The number of benzene rings is 2. The second-order valence-corrected chi connectivity index (χ2v) is 4.41. The smallest absolute Gasteiger partial charge is 0.341 e. The van der Waals surface area contributed by atoms with E-state index in [1.54, 1.807) is 36.4 Å². The Morgan fingerprint density at radius 2 is 1.95 bits per heavy atom. The molecule has 0 saturated carbocycles. The van der Waals surface area contributed by atoms with E-state index < -0.39 is 5.97 Å². The first-order valence-electron chi connectivity index (χ1n) is 6.56. The minimum Gasteiger partial charge on any atom is -0.497 e. The summed E-state index contributed by atoms with van der Waals surface area (Å²) in [6, 6.07) is 14.1. The molecule has 0 N–H and O–H groups in total. The van der Waals surface area contributed by atoms with Gasteiger partial charge in [-0.05, 0) is 18.2 Å². The van der Waals surface area contributed by atoms with E-state index in [-0.39, 0.29) is 6.61 Å². The van der Waals surface area contributed by atoms with Crippen molar-refractivity contribution in [1.82, 2.24) is 0 Å². The molecule has 0 aromatic heterocycles. The van der Waals surface area contributed by atoms with E-state index >= 15 is 0 Å². The second kappa shape index (κ2) is 7.14. The van der Waals surface area contributed by atoms with Crippen molar-refractivity contribution < 1.29 is 19.0 Å². The van der Waals surface area contributed by atoms with E-state index in [1.807, 2.05) is 6.07 Å². The average Bonchev–Trinajstić information content (AvgIpc) is 2.59. The predicted octanol–water partition coefficient (Wildman–Crippen LogP) is 2.93. The fourth-order valence-electron chi connectivity index (χ4n) is 1.94. The van der Waals surface area contributed by atoms with Crippen LogP contribution in [-0.4, -0.2) is 20.2 Å². The molecule has 0 radical (unpaired) electrons. The highest BCUT2D eigenvalue weighted by Gasteiger charge is 2.15. The molecule has 0 bridgehead atoms. The van der Waals surface area contributed by atoms with Gasteiger partial charge < -0.3 is 14.2 Å². The summed E-state index contributed by atoms with van der Waals surface area (Å²) in [5.74, 6) is 0.418. The zero-order valence-corrected chi connectivity index (χ0v) is 12.3. The Hall–Kier alpha value is -3.00. The summed E-state index contributed by atoms with van der Waals surface area (Å²) in [7, 11) is 2.84. The number of carbonyl (C=O) groups excluding carboxylic acids is 1. The molecule has 0 aliphatic rings. The summed E-state index contributed by atoms with van der Waals surface area (Å²) >= 11 is 0. The highest BCUT2D eigenvalue weighted by molar-refractivity contribution is 5.92. The Morgan fingerprint density at radius 1 is 1.18 bits per heavy atom. The van der Waals surface area contributed by atoms with Gasteiger partial charge in [0.05, 0.1) is 25.9 Å². The molecule has 5 heteroatoms. The van der Waals surface area contributed by atoms with Gasteiger partial charge in [-0.25, -0.2) is 4.79 Å². The van der Waals surface area contributed by atoms with Crippen LogP contribution in [-0.2, 0) is 11.3 Å². The van der Waals surface area contributed by atoms with Gasteiger partial charge in [0.15, 0.2) is 0 Å². The van der Waals surface area contributed by atoms with Gasteiger partial charge in [0.2, 0.25) is 0 Å². The lowest BCUT2D eigenvalue weighted by Crippen LogP contribution is -2.06. The van der Waals surface area contributed by atoms with E-state index in [9.17, 15) is 4.79 Å². The summed E-state index contributed by atoms with van der Waals surface area (Å²) in [5, 5.41) is 9.08. The van der Waals surface area contributed by atoms with Crippen molar-refractivity contribution in [2.75, 3.05) is 14.2 Å². The van der Waals surface area contributed by atoms with Crippen molar-refractivity contribution in [2.45, 2.75) is 6.61 Å². The molecule has 0 fully saturated rings. The van der Waals surface area contributed by atoms with Crippen LogP contribution in [0, 0.1) is 11.3 Å². The fraction of sp³-hybridized carbons (Fsp3) is 0.176. The zero-order chi connectivity index (χ0) is 15.9. The van der Waals surface area contributed by atoms with Gasteiger partial charge >= 0.3 is 5.97 Å². The molecule has 0 heterocycles. The lowest BCUT2D eigenvalue weighted by molar-refractivity contribution is 0.0595. The molecule has 0 spiro atoms. The third kappa shape index (κ3) is 3.36. The number of nitriles is 1. The van der Waals surface area contributed by atoms with E-state index in [1.165, 1.54) is 14.2 Å². The first-order valence-corrected chi connectivity index (χ1v) is 6.56. The van der Waals surface area contributed by atoms with Gasteiger partial charge in [0, 0.05) is 11.6 Å². The molecule has 0 amide bonds. The van der Waals surface area contributed by atoms with Crippen molar-refractivity contribution in [1.29, 1.82) is 5.26 Å². The highest BCUT2D eigenvalue weighted by Crippen LogP contribution is 2.26. The molecule has 2 rings (SSSR count). The average molecular weight is 297 g/mol. The van der Waals surface area contributed by atoms with Gasteiger partial charge in [-0.1, -0.05) is 18.2 Å². The van der Waals surface area contributed by atoms with Crippen molar-refractivity contribution in [3.63, 3.8) is 0 Å². The summed E-state index contributed by atoms with van der Waals surface area (Å²) in [6.45, 7) is 0.168. The standard InChI is InChI=1S/C17H15NO4/c1-20-14-7-8-15(17(19)21-2)16(9-14)22-11-13-6-4-3-5-12(13)10-18/h3-9H,11H2,1-2H3. The first kappa shape index (κ1) is 15.4. The maximum Gasteiger partial charge on any atom is 0.341 e. The summed E-state index contributed by atoms with van der Waals surface area (Å²) in [4.78, 5) is 11.8. The van der Waals surface area contributed by atoms with Gasteiger partial charge in [0.25, 0.3) is 0 Å². The molecular formula is C17H15NO4. The topological polar surface area (TPSA) is 68.6 Å². The van der Waals surface area contributed by atoms with Crippen molar-refractivity contribution in [3.05, 3.63) is 59.2 Å². The van der Waals surface area contributed by atoms with Crippen LogP contribution in [0.25, 0.3) is 0 Å². The summed E-state index contributed by atoms with van der Waals surface area (Å²) < 4.78 is 15.6. The van der Waals surface area contributed by atoms with Crippen LogP contribution < -0.4 is 9.47 Å². The van der Waals surface area contributed by atoms with Gasteiger partial charge in [-0.2, -0.15) is 5.26 Å². The van der Waals surface area contributed by atoms with Crippen LogP contribution in [0.3, 0.4) is 0 Å². The van der Waals surface area contributed by atoms with Crippen LogP contribution in [0.5, 0.6) is 11.5 Å². The predicted molar refractivity (Wildman–Crippen MR) is 79.8 cm³/mol.